The number of hydrogen-bond acceptors (Lipinski definition) is 2. The number of benzene rings is 1. The fourth-order valence-electron chi connectivity index (χ4n) is 2.50. The SMILES string of the molecule is CC1CCCCC1SNCc1ccc(C(F)(F)F)cc1. The molecule has 2 atom stereocenters. The molecular weight excluding hydrogens is 283 g/mol. The predicted octanol–water partition coefficient (Wildman–Crippen LogP) is 5.02. The van der Waals surface area contributed by atoms with Crippen molar-refractivity contribution in [2.45, 2.75) is 50.6 Å². The summed E-state index contributed by atoms with van der Waals surface area (Å²) in [5.74, 6) is 0.717. The largest absolute Gasteiger partial charge is 0.416 e. The molecule has 0 aliphatic heterocycles. The van der Waals surface area contributed by atoms with E-state index in [2.05, 4.69) is 11.6 Å². The molecule has 0 bridgehead atoms. The van der Waals surface area contributed by atoms with Gasteiger partial charge >= 0.3 is 6.18 Å². The van der Waals surface area contributed by atoms with Gasteiger partial charge in [-0.1, -0.05) is 43.8 Å². The highest BCUT2D eigenvalue weighted by molar-refractivity contribution is 7.98. The van der Waals surface area contributed by atoms with Crippen LogP contribution in [0.1, 0.15) is 43.7 Å². The average Bonchev–Trinajstić information content (AvgIpc) is 2.40. The minimum Gasteiger partial charge on any atom is -0.259 e. The lowest BCUT2D eigenvalue weighted by atomic mass is 9.90. The monoisotopic (exact) mass is 303 g/mol. The maximum atomic E-state index is 12.4. The van der Waals surface area contributed by atoms with Gasteiger partial charge in [-0.3, -0.25) is 4.72 Å². The third-order valence-electron chi connectivity index (χ3n) is 3.83. The van der Waals surface area contributed by atoms with E-state index in [-0.39, 0.29) is 0 Å². The quantitative estimate of drug-likeness (QED) is 0.784. The first-order valence-corrected chi connectivity index (χ1v) is 7.89. The fourth-order valence-corrected chi connectivity index (χ4v) is 3.62. The second-order valence-corrected chi connectivity index (χ2v) is 6.56. The van der Waals surface area contributed by atoms with Gasteiger partial charge in [-0.2, -0.15) is 13.2 Å². The molecule has 1 nitrogen and oxygen atoms in total. The third kappa shape index (κ3) is 4.42. The summed E-state index contributed by atoms with van der Waals surface area (Å²) < 4.78 is 40.6. The second kappa shape index (κ2) is 6.85. The minimum atomic E-state index is -4.25. The molecule has 0 saturated heterocycles. The lowest BCUT2D eigenvalue weighted by Crippen LogP contribution is -2.22. The molecule has 0 heterocycles. The van der Waals surface area contributed by atoms with E-state index in [0.29, 0.717) is 17.7 Å². The van der Waals surface area contributed by atoms with Crippen LogP contribution < -0.4 is 4.72 Å². The van der Waals surface area contributed by atoms with E-state index in [1.807, 2.05) is 0 Å². The Kier molecular flexibility index (Phi) is 5.38. The molecule has 20 heavy (non-hydrogen) atoms. The molecule has 1 aliphatic carbocycles. The Morgan fingerprint density at radius 3 is 2.40 bits per heavy atom. The molecular formula is C15H20F3NS. The van der Waals surface area contributed by atoms with E-state index in [1.54, 1.807) is 24.1 Å². The van der Waals surface area contributed by atoms with Crippen molar-refractivity contribution >= 4 is 11.9 Å². The Morgan fingerprint density at radius 1 is 1.15 bits per heavy atom. The molecule has 1 aliphatic rings. The van der Waals surface area contributed by atoms with Crippen molar-refractivity contribution in [3.63, 3.8) is 0 Å². The highest BCUT2D eigenvalue weighted by Gasteiger charge is 2.29. The molecule has 0 radical (unpaired) electrons. The second-order valence-electron chi connectivity index (χ2n) is 5.43. The third-order valence-corrected chi connectivity index (χ3v) is 5.14. The highest BCUT2D eigenvalue weighted by Crippen LogP contribution is 2.32. The molecule has 0 spiro atoms. The van der Waals surface area contributed by atoms with E-state index < -0.39 is 11.7 Å². The van der Waals surface area contributed by atoms with Crippen molar-refractivity contribution in [1.29, 1.82) is 0 Å². The minimum absolute atomic E-state index is 0.588. The Balaban J connectivity index is 1.79. The summed E-state index contributed by atoms with van der Waals surface area (Å²) in [5.41, 5.74) is 0.295. The zero-order valence-corrected chi connectivity index (χ0v) is 12.4. The normalized spacial score (nSPS) is 23.8. The molecule has 0 amide bonds. The van der Waals surface area contributed by atoms with Crippen molar-refractivity contribution in [1.82, 2.24) is 4.72 Å². The Bertz CT molecular complexity index is 416. The van der Waals surface area contributed by atoms with Crippen LogP contribution in [-0.2, 0) is 12.7 Å². The van der Waals surface area contributed by atoms with Crippen LogP contribution in [0, 0.1) is 5.92 Å². The van der Waals surface area contributed by atoms with Crippen LogP contribution in [0.4, 0.5) is 13.2 Å². The lowest BCUT2D eigenvalue weighted by molar-refractivity contribution is -0.137. The molecule has 1 fully saturated rings. The highest BCUT2D eigenvalue weighted by atomic mass is 32.2. The molecule has 5 heteroatoms. The van der Waals surface area contributed by atoms with Crippen molar-refractivity contribution in [3.05, 3.63) is 35.4 Å². The van der Waals surface area contributed by atoms with Crippen molar-refractivity contribution in [3.8, 4) is 0 Å². The van der Waals surface area contributed by atoms with E-state index >= 15 is 0 Å². The van der Waals surface area contributed by atoms with Crippen LogP contribution in [0.2, 0.25) is 0 Å². The van der Waals surface area contributed by atoms with Crippen molar-refractivity contribution in [2.75, 3.05) is 0 Å². The summed E-state index contributed by atoms with van der Waals surface area (Å²) in [7, 11) is 0. The van der Waals surface area contributed by atoms with Crippen molar-refractivity contribution in [2.24, 2.45) is 5.92 Å². The lowest BCUT2D eigenvalue weighted by Gasteiger charge is -2.28. The molecule has 112 valence electrons. The first-order chi connectivity index (χ1) is 9.47. The summed E-state index contributed by atoms with van der Waals surface area (Å²) in [6, 6.07) is 5.37. The molecule has 1 aromatic rings. The number of rotatable bonds is 4. The van der Waals surface area contributed by atoms with Gasteiger partial charge < -0.3 is 0 Å². The summed E-state index contributed by atoms with van der Waals surface area (Å²) in [6.07, 6.45) is 0.852. The fraction of sp³-hybridized carbons (Fsp3) is 0.600. The van der Waals surface area contributed by atoms with Gasteiger partial charge in [-0.25, -0.2) is 0 Å². The van der Waals surface area contributed by atoms with Gasteiger partial charge in [0, 0.05) is 11.8 Å². The molecule has 2 rings (SSSR count). The van der Waals surface area contributed by atoms with Crippen LogP contribution in [0.15, 0.2) is 24.3 Å². The first kappa shape index (κ1) is 15.7. The Hall–Kier alpha value is -0.680. The average molecular weight is 303 g/mol. The molecule has 1 N–H and O–H groups in total. The van der Waals surface area contributed by atoms with Crippen LogP contribution in [0.3, 0.4) is 0 Å². The standard InChI is InChI=1S/C15H20F3NS/c1-11-4-2-3-5-14(11)20-19-10-12-6-8-13(9-7-12)15(16,17)18/h6-9,11,14,19H,2-5,10H2,1H3. The van der Waals surface area contributed by atoms with Gasteiger partial charge in [-0.05, 0) is 36.5 Å². The summed E-state index contributed by atoms with van der Waals surface area (Å²) in [4.78, 5) is 0. The zero-order chi connectivity index (χ0) is 14.6. The number of alkyl halides is 3. The van der Waals surface area contributed by atoms with E-state index in [0.717, 1.165) is 17.7 Å². The van der Waals surface area contributed by atoms with E-state index in [4.69, 9.17) is 0 Å². The van der Waals surface area contributed by atoms with Gasteiger partial charge in [0.25, 0.3) is 0 Å². The molecule has 1 saturated carbocycles. The topological polar surface area (TPSA) is 12.0 Å². The first-order valence-electron chi connectivity index (χ1n) is 7.01. The van der Waals surface area contributed by atoms with Gasteiger partial charge in [0.2, 0.25) is 0 Å². The van der Waals surface area contributed by atoms with E-state index in [9.17, 15) is 13.2 Å². The summed E-state index contributed by atoms with van der Waals surface area (Å²) in [5, 5.41) is 0.623. The number of hydrogen-bond donors (Lipinski definition) is 1. The smallest absolute Gasteiger partial charge is 0.259 e. The number of halogens is 3. The Morgan fingerprint density at radius 2 is 1.80 bits per heavy atom. The van der Waals surface area contributed by atoms with Gasteiger partial charge in [0.1, 0.15) is 0 Å². The maximum Gasteiger partial charge on any atom is 0.416 e. The van der Waals surface area contributed by atoms with Gasteiger partial charge in [-0.15, -0.1) is 0 Å². The molecule has 0 aromatic heterocycles. The number of nitrogens with one attached hydrogen (secondary N) is 1. The van der Waals surface area contributed by atoms with Crippen LogP contribution in [-0.4, -0.2) is 5.25 Å². The van der Waals surface area contributed by atoms with Gasteiger partial charge in [0.15, 0.2) is 0 Å². The zero-order valence-electron chi connectivity index (χ0n) is 11.5. The van der Waals surface area contributed by atoms with E-state index in [1.165, 1.54) is 25.7 Å². The van der Waals surface area contributed by atoms with Crippen LogP contribution in [0.5, 0.6) is 0 Å². The Labute approximate surface area is 122 Å². The predicted molar refractivity (Wildman–Crippen MR) is 77.3 cm³/mol. The maximum absolute atomic E-state index is 12.4. The summed E-state index contributed by atoms with van der Waals surface area (Å²) >= 11 is 1.74. The van der Waals surface area contributed by atoms with Crippen LogP contribution >= 0.6 is 11.9 Å². The van der Waals surface area contributed by atoms with Crippen molar-refractivity contribution < 1.29 is 13.2 Å². The van der Waals surface area contributed by atoms with Crippen LogP contribution in [0.25, 0.3) is 0 Å². The molecule has 2 unspecified atom stereocenters. The van der Waals surface area contributed by atoms with Gasteiger partial charge in [0.05, 0.1) is 5.56 Å². The molecule has 1 aromatic carbocycles. The summed E-state index contributed by atoms with van der Waals surface area (Å²) in [6.45, 7) is 2.88.